The van der Waals surface area contributed by atoms with E-state index in [1.54, 1.807) is 24.3 Å². The molecule has 2 N–H and O–H groups in total. The fourth-order valence-corrected chi connectivity index (χ4v) is 3.09. The third kappa shape index (κ3) is 10.3. The van der Waals surface area contributed by atoms with E-state index in [0.717, 1.165) is 12.8 Å². The Morgan fingerprint density at radius 1 is 0.929 bits per heavy atom. The highest BCUT2D eigenvalue weighted by atomic mass is 32.2. The largest absolute Gasteiger partial charge is 0.452 e. The van der Waals surface area contributed by atoms with E-state index in [0.29, 0.717) is 35.4 Å². The molecular formula is C21H32N2O4S. The fourth-order valence-electron chi connectivity index (χ4n) is 2.22. The van der Waals surface area contributed by atoms with Gasteiger partial charge in [-0.25, -0.2) is 4.79 Å². The van der Waals surface area contributed by atoms with Crippen molar-refractivity contribution in [1.82, 2.24) is 10.6 Å². The zero-order valence-electron chi connectivity index (χ0n) is 17.2. The monoisotopic (exact) mass is 408 g/mol. The van der Waals surface area contributed by atoms with Gasteiger partial charge in [0.1, 0.15) is 0 Å². The SMILES string of the molecule is CC(C)CCNC(=O)COC(=O)c1ccccc1SCC(=O)NCCC(C)C. The Morgan fingerprint density at radius 3 is 2.11 bits per heavy atom. The van der Waals surface area contributed by atoms with Gasteiger partial charge in [0.05, 0.1) is 11.3 Å². The highest BCUT2D eigenvalue weighted by Gasteiger charge is 2.15. The zero-order valence-corrected chi connectivity index (χ0v) is 18.1. The first-order valence-corrected chi connectivity index (χ1v) is 10.7. The van der Waals surface area contributed by atoms with Crippen LogP contribution < -0.4 is 10.6 Å². The zero-order chi connectivity index (χ0) is 20.9. The summed E-state index contributed by atoms with van der Waals surface area (Å²) in [5, 5.41) is 5.60. The van der Waals surface area contributed by atoms with Gasteiger partial charge < -0.3 is 15.4 Å². The second-order valence-corrected chi connectivity index (χ2v) is 8.44. The number of rotatable bonds is 12. The van der Waals surface area contributed by atoms with Gasteiger partial charge in [0.2, 0.25) is 5.91 Å². The Morgan fingerprint density at radius 2 is 1.50 bits per heavy atom. The lowest BCUT2D eigenvalue weighted by Gasteiger charge is -2.11. The van der Waals surface area contributed by atoms with Crippen molar-refractivity contribution in [1.29, 1.82) is 0 Å². The molecule has 0 aliphatic rings. The molecule has 0 saturated heterocycles. The van der Waals surface area contributed by atoms with Crippen molar-refractivity contribution in [3.8, 4) is 0 Å². The molecule has 0 atom stereocenters. The van der Waals surface area contributed by atoms with Crippen LogP contribution in [0.4, 0.5) is 0 Å². The van der Waals surface area contributed by atoms with Crippen LogP contribution in [-0.2, 0) is 14.3 Å². The van der Waals surface area contributed by atoms with Crippen molar-refractivity contribution in [2.45, 2.75) is 45.4 Å². The average molecular weight is 409 g/mol. The van der Waals surface area contributed by atoms with Crippen LogP contribution in [0.25, 0.3) is 0 Å². The van der Waals surface area contributed by atoms with Crippen LogP contribution in [-0.4, -0.2) is 43.2 Å². The Hall–Kier alpha value is -2.02. The maximum Gasteiger partial charge on any atom is 0.339 e. The van der Waals surface area contributed by atoms with Crippen LogP contribution in [0, 0.1) is 11.8 Å². The molecule has 156 valence electrons. The molecule has 1 aromatic rings. The van der Waals surface area contributed by atoms with E-state index >= 15 is 0 Å². The minimum atomic E-state index is -0.567. The van der Waals surface area contributed by atoms with Gasteiger partial charge in [0.25, 0.3) is 5.91 Å². The molecule has 0 saturated carbocycles. The van der Waals surface area contributed by atoms with Crippen LogP contribution in [0.3, 0.4) is 0 Å². The molecular weight excluding hydrogens is 376 g/mol. The lowest BCUT2D eigenvalue weighted by Crippen LogP contribution is -2.30. The van der Waals surface area contributed by atoms with E-state index in [1.165, 1.54) is 11.8 Å². The summed E-state index contributed by atoms with van der Waals surface area (Å²) in [6.45, 7) is 9.25. The predicted octanol–water partition coefficient (Wildman–Crippen LogP) is 3.26. The lowest BCUT2D eigenvalue weighted by atomic mass is 10.1. The molecule has 1 aromatic carbocycles. The molecule has 1 rings (SSSR count). The van der Waals surface area contributed by atoms with E-state index in [4.69, 9.17) is 4.74 Å². The molecule has 0 fully saturated rings. The molecule has 7 heteroatoms. The van der Waals surface area contributed by atoms with Gasteiger partial charge in [-0.3, -0.25) is 9.59 Å². The summed E-state index contributed by atoms with van der Waals surface area (Å²) < 4.78 is 5.12. The lowest BCUT2D eigenvalue weighted by molar-refractivity contribution is -0.124. The molecule has 0 aliphatic heterocycles. The molecule has 0 aromatic heterocycles. The van der Waals surface area contributed by atoms with Crippen molar-refractivity contribution < 1.29 is 19.1 Å². The first kappa shape index (κ1) is 24.0. The summed E-state index contributed by atoms with van der Waals surface area (Å²) in [6.07, 6.45) is 1.80. The summed E-state index contributed by atoms with van der Waals surface area (Å²) in [5.74, 6) is 0.294. The number of esters is 1. The van der Waals surface area contributed by atoms with Gasteiger partial charge in [0, 0.05) is 18.0 Å². The summed E-state index contributed by atoms with van der Waals surface area (Å²) in [5.41, 5.74) is 0.359. The molecule has 0 aliphatic carbocycles. The van der Waals surface area contributed by atoms with Crippen molar-refractivity contribution in [2.75, 3.05) is 25.4 Å². The maximum atomic E-state index is 12.3. The smallest absolute Gasteiger partial charge is 0.339 e. The first-order chi connectivity index (χ1) is 13.3. The number of hydrogen-bond acceptors (Lipinski definition) is 5. The molecule has 0 unspecified atom stereocenters. The minimum absolute atomic E-state index is 0.0710. The van der Waals surface area contributed by atoms with Gasteiger partial charge in [-0.2, -0.15) is 0 Å². The Balaban J connectivity index is 2.48. The molecule has 0 heterocycles. The fraction of sp³-hybridized carbons (Fsp3) is 0.571. The van der Waals surface area contributed by atoms with Gasteiger partial charge in [-0.15, -0.1) is 11.8 Å². The van der Waals surface area contributed by atoms with Crippen molar-refractivity contribution in [3.63, 3.8) is 0 Å². The van der Waals surface area contributed by atoms with Gasteiger partial charge in [-0.1, -0.05) is 39.8 Å². The number of hydrogen-bond donors (Lipinski definition) is 2. The van der Waals surface area contributed by atoms with E-state index < -0.39 is 5.97 Å². The second-order valence-electron chi connectivity index (χ2n) is 7.43. The van der Waals surface area contributed by atoms with E-state index in [9.17, 15) is 14.4 Å². The van der Waals surface area contributed by atoms with E-state index in [1.807, 2.05) is 0 Å². The van der Waals surface area contributed by atoms with Crippen LogP contribution >= 0.6 is 11.8 Å². The van der Waals surface area contributed by atoms with Crippen LogP contribution in [0.2, 0.25) is 0 Å². The Labute approximate surface area is 172 Å². The maximum absolute atomic E-state index is 12.3. The molecule has 6 nitrogen and oxygen atoms in total. The Bertz CT molecular complexity index is 647. The van der Waals surface area contributed by atoms with Crippen LogP contribution in [0.5, 0.6) is 0 Å². The number of nitrogens with one attached hydrogen (secondary N) is 2. The normalized spacial score (nSPS) is 10.8. The van der Waals surface area contributed by atoms with E-state index in [2.05, 4.69) is 38.3 Å². The van der Waals surface area contributed by atoms with Gasteiger partial charge in [0.15, 0.2) is 6.61 Å². The number of amides is 2. The van der Waals surface area contributed by atoms with Crippen molar-refractivity contribution >= 4 is 29.5 Å². The van der Waals surface area contributed by atoms with Crippen molar-refractivity contribution in [2.24, 2.45) is 11.8 Å². The summed E-state index contributed by atoms with van der Waals surface area (Å²) in [7, 11) is 0. The number of ether oxygens (including phenoxy) is 1. The second kappa shape index (κ2) is 13.2. The quantitative estimate of drug-likeness (QED) is 0.410. The topological polar surface area (TPSA) is 84.5 Å². The summed E-state index contributed by atoms with van der Waals surface area (Å²) in [4.78, 5) is 36.7. The van der Waals surface area contributed by atoms with Crippen molar-refractivity contribution in [3.05, 3.63) is 29.8 Å². The number of benzene rings is 1. The first-order valence-electron chi connectivity index (χ1n) is 9.72. The molecule has 2 amide bonds. The minimum Gasteiger partial charge on any atom is -0.452 e. The molecule has 0 spiro atoms. The molecule has 0 radical (unpaired) electrons. The van der Waals surface area contributed by atoms with Gasteiger partial charge >= 0.3 is 5.97 Å². The van der Waals surface area contributed by atoms with E-state index in [-0.39, 0.29) is 24.2 Å². The number of thioether (sulfide) groups is 1. The Kier molecular flexibility index (Phi) is 11.3. The highest BCUT2D eigenvalue weighted by molar-refractivity contribution is 8.00. The summed E-state index contributed by atoms with van der Waals surface area (Å²) in [6, 6.07) is 6.93. The van der Waals surface area contributed by atoms with Crippen LogP contribution in [0.1, 0.15) is 50.9 Å². The third-order valence-corrected chi connectivity index (χ3v) is 4.96. The molecule has 28 heavy (non-hydrogen) atoms. The third-order valence-electron chi connectivity index (χ3n) is 3.89. The van der Waals surface area contributed by atoms with Gasteiger partial charge in [-0.05, 0) is 36.8 Å². The number of carbonyl (C=O) groups excluding carboxylic acids is 3. The average Bonchev–Trinajstić information content (AvgIpc) is 2.64. The number of carbonyl (C=O) groups is 3. The molecule has 0 bridgehead atoms. The highest BCUT2D eigenvalue weighted by Crippen LogP contribution is 2.23. The predicted molar refractivity (Wildman–Crippen MR) is 112 cm³/mol. The standard InChI is InChI=1S/C21H32N2O4S/c1-15(2)9-11-22-19(24)13-27-21(26)17-7-5-6-8-18(17)28-14-20(25)23-12-10-16(3)4/h5-8,15-16H,9-14H2,1-4H3,(H,22,24)(H,23,25). The summed E-state index contributed by atoms with van der Waals surface area (Å²) >= 11 is 1.28. The van der Waals surface area contributed by atoms with Crippen LogP contribution in [0.15, 0.2) is 29.2 Å².